The smallest absolute Gasteiger partial charge is 0.327 e. The van der Waals surface area contributed by atoms with Gasteiger partial charge in [0.2, 0.25) is 0 Å². The number of carbonyl (C=O) groups is 1. The molecule has 18 heavy (non-hydrogen) atoms. The molecule has 2 rings (SSSR count). The van der Waals surface area contributed by atoms with Gasteiger partial charge < -0.3 is 10.1 Å². The van der Waals surface area contributed by atoms with Crippen molar-refractivity contribution in [1.82, 2.24) is 5.32 Å². The molecule has 5 heteroatoms. The molecule has 0 heterocycles. The van der Waals surface area contributed by atoms with E-state index >= 15 is 0 Å². The summed E-state index contributed by atoms with van der Waals surface area (Å²) >= 11 is 5.73. The number of ether oxygens (including phenoxy) is 1. The highest BCUT2D eigenvalue weighted by Crippen LogP contribution is 2.29. The summed E-state index contributed by atoms with van der Waals surface area (Å²) in [7, 11) is 1.33. The van der Waals surface area contributed by atoms with Gasteiger partial charge in [0.25, 0.3) is 0 Å². The van der Waals surface area contributed by atoms with E-state index in [-0.39, 0.29) is 5.02 Å². The van der Waals surface area contributed by atoms with Crippen LogP contribution in [0.2, 0.25) is 5.02 Å². The zero-order valence-electron chi connectivity index (χ0n) is 10.1. The Morgan fingerprint density at radius 1 is 1.61 bits per heavy atom. The average Bonchev–Trinajstić information content (AvgIpc) is 3.17. The van der Waals surface area contributed by atoms with E-state index in [1.54, 1.807) is 6.07 Å². The van der Waals surface area contributed by atoms with Crippen molar-refractivity contribution in [3.05, 3.63) is 34.6 Å². The molecule has 1 fully saturated rings. The molecule has 1 atom stereocenters. The Morgan fingerprint density at radius 3 is 2.89 bits per heavy atom. The van der Waals surface area contributed by atoms with Crippen molar-refractivity contribution in [1.29, 1.82) is 0 Å². The molecule has 1 N–H and O–H groups in total. The minimum atomic E-state index is -0.589. The number of halogens is 2. The van der Waals surface area contributed by atoms with E-state index in [1.807, 2.05) is 0 Å². The number of hydrogen-bond acceptors (Lipinski definition) is 3. The van der Waals surface area contributed by atoms with Crippen LogP contribution in [0.3, 0.4) is 0 Å². The fourth-order valence-corrected chi connectivity index (χ4v) is 1.94. The van der Waals surface area contributed by atoms with Gasteiger partial charge in [0.05, 0.1) is 12.1 Å². The van der Waals surface area contributed by atoms with Crippen LogP contribution in [-0.2, 0) is 9.53 Å². The number of hydrogen-bond donors (Lipinski definition) is 1. The number of carbonyl (C=O) groups excluding carboxylic acids is 1. The highest BCUT2D eigenvalue weighted by atomic mass is 35.5. The summed E-state index contributed by atoms with van der Waals surface area (Å²) in [5.74, 6) is -0.252. The Bertz CT molecular complexity index is 449. The van der Waals surface area contributed by atoms with Gasteiger partial charge in [-0.3, -0.25) is 0 Å². The van der Waals surface area contributed by atoms with E-state index in [1.165, 1.54) is 32.1 Å². The molecule has 1 aromatic carbocycles. The maximum atomic E-state index is 13.1. The zero-order valence-corrected chi connectivity index (χ0v) is 10.8. The Balaban J connectivity index is 2.14. The number of rotatable bonds is 5. The summed E-state index contributed by atoms with van der Waals surface area (Å²) in [5.41, 5.74) is 0.619. The largest absolute Gasteiger partial charge is 0.468 e. The van der Waals surface area contributed by atoms with Crippen LogP contribution in [-0.4, -0.2) is 19.6 Å². The van der Waals surface area contributed by atoms with Gasteiger partial charge in [0.15, 0.2) is 0 Å². The second-order valence-corrected chi connectivity index (χ2v) is 4.89. The van der Waals surface area contributed by atoms with Gasteiger partial charge in [-0.1, -0.05) is 17.7 Å². The third-order valence-electron chi connectivity index (χ3n) is 3.02. The lowest BCUT2D eigenvalue weighted by Gasteiger charge is -2.17. The highest BCUT2D eigenvalue weighted by molar-refractivity contribution is 6.30. The molecule has 0 amide bonds. The van der Waals surface area contributed by atoms with Crippen LogP contribution in [0.4, 0.5) is 4.39 Å². The molecule has 0 saturated heterocycles. The maximum Gasteiger partial charge on any atom is 0.327 e. The summed E-state index contributed by atoms with van der Waals surface area (Å²) in [6, 6.07) is 3.67. The van der Waals surface area contributed by atoms with Gasteiger partial charge >= 0.3 is 5.97 Å². The van der Waals surface area contributed by atoms with Crippen molar-refractivity contribution >= 4 is 17.6 Å². The number of esters is 1. The standard InChI is InChI=1S/C13H15ClFNO2/c1-18-13(17)12(16-7-8-2-3-8)9-4-5-11(15)10(14)6-9/h4-6,8,12,16H,2-3,7H2,1H3. The van der Waals surface area contributed by atoms with E-state index in [9.17, 15) is 9.18 Å². The SMILES string of the molecule is COC(=O)C(NCC1CC1)c1ccc(F)c(Cl)c1. The lowest BCUT2D eigenvalue weighted by molar-refractivity contribution is -0.143. The van der Waals surface area contributed by atoms with Crippen LogP contribution in [0.1, 0.15) is 24.4 Å². The second-order valence-electron chi connectivity index (χ2n) is 4.48. The van der Waals surface area contributed by atoms with Gasteiger partial charge in [0.1, 0.15) is 11.9 Å². The Labute approximate surface area is 110 Å². The second kappa shape index (κ2) is 5.67. The van der Waals surface area contributed by atoms with Crippen LogP contribution in [0.5, 0.6) is 0 Å². The number of benzene rings is 1. The molecule has 1 aliphatic rings. The van der Waals surface area contributed by atoms with E-state index in [2.05, 4.69) is 5.32 Å². The first kappa shape index (κ1) is 13.3. The van der Waals surface area contributed by atoms with E-state index < -0.39 is 17.8 Å². The first-order valence-electron chi connectivity index (χ1n) is 5.88. The van der Waals surface area contributed by atoms with Gasteiger partial charge in [-0.2, -0.15) is 0 Å². The molecule has 1 aromatic rings. The summed E-state index contributed by atoms with van der Waals surface area (Å²) < 4.78 is 17.9. The van der Waals surface area contributed by atoms with Crippen LogP contribution in [0, 0.1) is 11.7 Å². The first-order valence-corrected chi connectivity index (χ1v) is 6.25. The quantitative estimate of drug-likeness (QED) is 0.837. The fraction of sp³-hybridized carbons (Fsp3) is 0.462. The van der Waals surface area contributed by atoms with Crippen molar-refractivity contribution in [3.8, 4) is 0 Å². The first-order chi connectivity index (χ1) is 8.61. The molecule has 0 spiro atoms. The van der Waals surface area contributed by atoms with Crippen molar-refractivity contribution in [2.75, 3.05) is 13.7 Å². The molecule has 98 valence electrons. The zero-order chi connectivity index (χ0) is 13.1. The number of methoxy groups -OCH3 is 1. The lowest BCUT2D eigenvalue weighted by Crippen LogP contribution is -2.31. The molecular formula is C13H15ClFNO2. The molecule has 3 nitrogen and oxygen atoms in total. The lowest BCUT2D eigenvalue weighted by atomic mass is 10.1. The Morgan fingerprint density at radius 2 is 2.33 bits per heavy atom. The summed E-state index contributed by atoms with van der Waals surface area (Å²) in [4.78, 5) is 11.7. The molecular weight excluding hydrogens is 257 g/mol. The molecule has 1 unspecified atom stereocenters. The van der Waals surface area contributed by atoms with Gasteiger partial charge in [0, 0.05) is 0 Å². The summed E-state index contributed by atoms with van der Waals surface area (Å²) in [6.45, 7) is 0.759. The van der Waals surface area contributed by atoms with Crippen molar-refractivity contribution in [2.24, 2.45) is 5.92 Å². The van der Waals surface area contributed by atoms with Crippen molar-refractivity contribution in [2.45, 2.75) is 18.9 Å². The molecule has 0 bridgehead atoms. The molecule has 0 radical (unpaired) electrons. The summed E-state index contributed by atoms with van der Waals surface area (Å²) in [6.07, 6.45) is 2.37. The third-order valence-corrected chi connectivity index (χ3v) is 3.31. The topological polar surface area (TPSA) is 38.3 Å². The average molecular weight is 272 g/mol. The van der Waals surface area contributed by atoms with Crippen molar-refractivity contribution < 1.29 is 13.9 Å². The fourth-order valence-electron chi connectivity index (χ4n) is 1.75. The molecule has 1 aliphatic carbocycles. The van der Waals surface area contributed by atoms with Crippen LogP contribution in [0.25, 0.3) is 0 Å². The minimum Gasteiger partial charge on any atom is -0.468 e. The normalized spacial score (nSPS) is 16.4. The Kier molecular flexibility index (Phi) is 4.19. The van der Waals surface area contributed by atoms with Gasteiger partial charge in [-0.25, -0.2) is 9.18 Å². The van der Waals surface area contributed by atoms with E-state index in [4.69, 9.17) is 16.3 Å². The molecule has 1 saturated carbocycles. The van der Waals surface area contributed by atoms with Crippen molar-refractivity contribution in [3.63, 3.8) is 0 Å². The summed E-state index contributed by atoms with van der Waals surface area (Å²) in [5, 5.41) is 3.15. The monoisotopic (exact) mass is 271 g/mol. The predicted molar refractivity (Wildman–Crippen MR) is 66.9 cm³/mol. The van der Waals surface area contributed by atoms with Crippen LogP contribution in [0.15, 0.2) is 18.2 Å². The predicted octanol–water partition coefficient (Wildman–Crippen LogP) is 2.69. The highest BCUT2D eigenvalue weighted by Gasteiger charge is 2.26. The molecule has 0 aliphatic heterocycles. The third kappa shape index (κ3) is 3.21. The molecule has 0 aromatic heterocycles. The van der Waals surface area contributed by atoms with Crippen LogP contribution >= 0.6 is 11.6 Å². The van der Waals surface area contributed by atoms with Gasteiger partial charge in [-0.15, -0.1) is 0 Å². The van der Waals surface area contributed by atoms with Crippen LogP contribution < -0.4 is 5.32 Å². The van der Waals surface area contributed by atoms with E-state index in [0.29, 0.717) is 11.5 Å². The van der Waals surface area contributed by atoms with E-state index in [0.717, 1.165) is 6.54 Å². The minimum absolute atomic E-state index is 0.00891. The Hall–Kier alpha value is -1.13. The number of nitrogens with one attached hydrogen (secondary N) is 1. The van der Waals surface area contributed by atoms with Gasteiger partial charge in [-0.05, 0) is 43.0 Å². The maximum absolute atomic E-state index is 13.1.